The predicted molar refractivity (Wildman–Crippen MR) is 181 cm³/mol. The van der Waals surface area contributed by atoms with Crippen LogP contribution in [0.15, 0.2) is 89.9 Å². The summed E-state index contributed by atoms with van der Waals surface area (Å²) < 4.78 is 0. The highest BCUT2D eigenvalue weighted by Crippen LogP contribution is 2.25. The molecule has 0 aromatic heterocycles. The fourth-order valence-corrected chi connectivity index (χ4v) is 4.55. The number of nitrogens with two attached hydrogens (primary N) is 1. The van der Waals surface area contributed by atoms with E-state index in [4.69, 9.17) is 5.73 Å². The Morgan fingerprint density at radius 2 is 1.36 bits per heavy atom. The molecule has 0 radical (unpaired) electrons. The summed E-state index contributed by atoms with van der Waals surface area (Å²) in [6.45, 7) is 6.25. The molecule has 0 saturated heterocycles. The van der Waals surface area contributed by atoms with Crippen LogP contribution in [0.5, 0.6) is 5.75 Å². The fraction of sp³-hybridized carbons (Fsp3) is 0.343. The highest BCUT2D eigenvalue weighted by Gasteiger charge is 2.28. The molecule has 0 saturated carbocycles. The minimum atomic E-state index is -0.884. The number of hydrogen-bond donors (Lipinski definition) is 7. The van der Waals surface area contributed by atoms with Crippen molar-refractivity contribution < 1.29 is 24.3 Å². The molecule has 0 bridgehead atoms. The van der Waals surface area contributed by atoms with Crippen molar-refractivity contribution in [3.63, 3.8) is 0 Å². The van der Waals surface area contributed by atoms with E-state index in [0.717, 1.165) is 16.7 Å². The van der Waals surface area contributed by atoms with Gasteiger partial charge in [0.1, 0.15) is 11.8 Å². The molecule has 47 heavy (non-hydrogen) atoms. The standard InChI is InChI=1S/C35H45N7O5/c1-35(2,3)32(46)37-21-22-39-34(47)42-33(36)38-20-10-15-28(30(44)40-23-24-16-18-27(43)19-17-24)41-31(45)29(25-11-6-4-7-12-25)26-13-8-5-9-14-26/h4-9,11-14,16-19,28-29,43H,10,15,20-23H2,1-3H3,(H,37,46)(H,40,44)(H,41,45)(H4,36,38,39,42,47)/t28-/m1/s1. The second-order valence-corrected chi connectivity index (χ2v) is 12.0. The van der Waals surface area contributed by atoms with Gasteiger partial charge in [-0.1, -0.05) is 93.6 Å². The van der Waals surface area contributed by atoms with E-state index in [0.29, 0.717) is 6.42 Å². The maximum absolute atomic E-state index is 13.8. The summed E-state index contributed by atoms with van der Waals surface area (Å²) >= 11 is 0. The summed E-state index contributed by atoms with van der Waals surface area (Å²) in [5.41, 5.74) is 7.71. The van der Waals surface area contributed by atoms with Crippen LogP contribution in [0.25, 0.3) is 0 Å². The number of nitrogens with one attached hydrogen (secondary N) is 5. The quantitative estimate of drug-likeness (QED) is 0.0804. The number of guanidine groups is 1. The van der Waals surface area contributed by atoms with Crippen molar-refractivity contribution >= 4 is 29.7 Å². The van der Waals surface area contributed by atoms with Gasteiger partial charge in [-0.3, -0.25) is 24.7 Å². The maximum Gasteiger partial charge on any atom is 0.321 e. The van der Waals surface area contributed by atoms with Crippen LogP contribution < -0.4 is 32.3 Å². The van der Waals surface area contributed by atoms with Crippen LogP contribution in [0, 0.1) is 5.41 Å². The van der Waals surface area contributed by atoms with Crippen molar-refractivity contribution in [2.45, 2.75) is 52.1 Å². The Morgan fingerprint density at radius 3 is 1.94 bits per heavy atom. The molecule has 5 amide bonds. The summed E-state index contributed by atoms with van der Waals surface area (Å²) in [5.74, 6) is -1.45. The number of phenols is 1. The molecule has 250 valence electrons. The molecule has 3 rings (SSSR count). The first-order chi connectivity index (χ1) is 22.4. The Bertz CT molecular complexity index is 1450. The number of aliphatic imine (C=N–C) groups is 1. The molecule has 0 heterocycles. The minimum absolute atomic E-state index is 0.105. The van der Waals surface area contributed by atoms with E-state index in [1.54, 1.807) is 32.9 Å². The van der Waals surface area contributed by atoms with Gasteiger partial charge in [0.05, 0.1) is 5.92 Å². The first kappa shape index (κ1) is 36.1. The lowest BCUT2D eigenvalue weighted by molar-refractivity contribution is -0.129. The lowest BCUT2D eigenvalue weighted by Gasteiger charge is -2.23. The van der Waals surface area contributed by atoms with Gasteiger partial charge in [-0.2, -0.15) is 0 Å². The van der Waals surface area contributed by atoms with Crippen molar-refractivity contribution in [2.75, 3.05) is 19.6 Å². The van der Waals surface area contributed by atoms with E-state index in [1.165, 1.54) is 12.1 Å². The third-order valence-electron chi connectivity index (χ3n) is 7.12. The summed E-state index contributed by atoms with van der Waals surface area (Å²) in [7, 11) is 0. The maximum atomic E-state index is 13.8. The lowest BCUT2D eigenvalue weighted by Crippen LogP contribution is -2.48. The van der Waals surface area contributed by atoms with Crippen molar-refractivity contribution in [3.05, 3.63) is 102 Å². The number of phenolic OH excluding ortho intramolecular Hbond substituents is 1. The number of urea groups is 1. The molecule has 1 atom stereocenters. The fourth-order valence-electron chi connectivity index (χ4n) is 4.55. The third kappa shape index (κ3) is 12.5. The van der Waals surface area contributed by atoms with Crippen LogP contribution >= 0.6 is 0 Å². The number of benzene rings is 3. The number of nitrogens with zero attached hydrogens (tertiary/aromatic N) is 1. The summed E-state index contributed by atoms with van der Waals surface area (Å²) in [5, 5.41) is 23.1. The predicted octanol–water partition coefficient (Wildman–Crippen LogP) is 2.88. The van der Waals surface area contributed by atoms with Crippen molar-refractivity contribution in [1.82, 2.24) is 26.6 Å². The van der Waals surface area contributed by atoms with Crippen LogP contribution in [-0.4, -0.2) is 60.5 Å². The largest absolute Gasteiger partial charge is 0.508 e. The Kier molecular flexibility index (Phi) is 13.8. The van der Waals surface area contributed by atoms with Crippen molar-refractivity contribution in [3.8, 4) is 5.75 Å². The van der Waals surface area contributed by atoms with Gasteiger partial charge in [-0.25, -0.2) is 4.79 Å². The molecule has 0 unspecified atom stereocenters. The van der Waals surface area contributed by atoms with Crippen LogP contribution in [0.1, 0.15) is 56.2 Å². The van der Waals surface area contributed by atoms with Gasteiger partial charge in [0.2, 0.25) is 17.7 Å². The zero-order chi connectivity index (χ0) is 34.2. The second-order valence-electron chi connectivity index (χ2n) is 12.0. The number of carbonyl (C=O) groups excluding carboxylic acids is 4. The third-order valence-corrected chi connectivity index (χ3v) is 7.12. The minimum Gasteiger partial charge on any atom is -0.508 e. The van der Waals surface area contributed by atoms with Crippen LogP contribution in [-0.2, 0) is 20.9 Å². The monoisotopic (exact) mass is 643 g/mol. The molecule has 12 nitrogen and oxygen atoms in total. The zero-order valence-corrected chi connectivity index (χ0v) is 27.1. The number of amides is 5. The van der Waals surface area contributed by atoms with Crippen LogP contribution in [0.3, 0.4) is 0 Å². The van der Waals surface area contributed by atoms with E-state index in [9.17, 15) is 24.3 Å². The first-order valence-electron chi connectivity index (χ1n) is 15.5. The molecule has 8 N–H and O–H groups in total. The summed E-state index contributed by atoms with van der Waals surface area (Å²) in [6.07, 6.45) is 0.627. The van der Waals surface area contributed by atoms with Gasteiger partial charge in [0.25, 0.3) is 0 Å². The molecule has 0 aliphatic carbocycles. The van der Waals surface area contributed by atoms with E-state index >= 15 is 0 Å². The smallest absolute Gasteiger partial charge is 0.321 e. The first-order valence-corrected chi connectivity index (χ1v) is 15.5. The van der Waals surface area contributed by atoms with Gasteiger partial charge in [-0.15, -0.1) is 0 Å². The molecule has 3 aromatic rings. The van der Waals surface area contributed by atoms with Crippen molar-refractivity contribution in [2.24, 2.45) is 16.1 Å². The van der Waals surface area contributed by atoms with E-state index in [2.05, 4.69) is 31.6 Å². The molecule has 0 fully saturated rings. The van der Waals surface area contributed by atoms with Crippen LogP contribution in [0.2, 0.25) is 0 Å². The van der Waals surface area contributed by atoms with Crippen LogP contribution in [0.4, 0.5) is 4.79 Å². The Labute approximate surface area is 275 Å². The molecule has 3 aromatic carbocycles. The summed E-state index contributed by atoms with van der Waals surface area (Å²) in [6, 6.07) is 23.7. The molecular weight excluding hydrogens is 598 g/mol. The molecule has 0 spiro atoms. The normalized spacial score (nSPS) is 12.1. The van der Waals surface area contributed by atoms with Gasteiger partial charge in [0, 0.05) is 31.6 Å². The number of carbonyl (C=O) groups is 4. The van der Waals surface area contributed by atoms with E-state index in [1.807, 2.05) is 60.7 Å². The number of rotatable bonds is 14. The second kappa shape index (κ2) is 17.9. The number of hydrogen-bond acceptors (Lipinski definition) is 6. The van der Waals surface area contributed by atoms with Gasteiger partial charge >= 0.3 is 6.03 Å². The zero-order valence-electron chi connectivity index (χ0n) is 27.1. The SMILES string of the molecule is CC(C)(C)C(=O)NCCNC(=O)NC(N)=NCCC[C@@H](NC(=O)C(c1ccccc1)c1ccccc1)C(=O)NCc1ccc(O)cc1. The Morgan fingerprint density at radius 1 is 0.787 bits per heavy atom. The molecular formula is C35H45N7O5. The highest BCUT2D eigenvalue weighted by molar-refractivity contribution is 5.95. The highest BCUT2D eigenvalue weighted by atomic mass is 16.3. The lowest BCUT2D eigenvalue weighted by atomic mass is 9.90. The number of aromatic hydroxyl groups is 1. The van der Waals surface area contributed by atoms with Gasteiger partial charge in [0.15, 0.2) is 5.96 Å². The van der Waals surface area contributed by atoms with Crippen molar-refractivity contribution in [1.29, 1.82) is 0 Å². The van der Waals surface area contributed by atoms with E-state index < -0.39 is 23.4 Å². The molecule has 12 heteroatoms. The molecule has 0 aliphatic rings. The van der Waals surface area contributed by atoms with Gasteiger partial charge in [-0.05, 0) is 41.7 Å². The van der Waals surface area contributed by atoms with E-state index in [-0.39, 0.29) is 62.0 Å². The topological polar surface area (TPSA) is 187 Å². The molecule has 0 aliphatic heterocycles. The average Bonchev–Trinajstić information content (AvgIpc) is 3.04. The average molecular weight is 644 g/mol. The Hall–Kier alpha value is -5.39. The van der Waals surface area contributed by atoms with Gasteiger partial charge < -0.3 is 32.1 Å². The Balaban J connectivity index is 1.61. The summed E-state index contributed by atoms with van der Waals surface area (Å²) in [4.78, 5) is 55.4.